The second-order valence-electron chi connectivity index (χ2n) is 5.45. The Labute approximate surface area is 122 Å². The lowest BCUT2D eigenvalue weighted by Gasteiger charge is -2.10. The first-order valence-corrected chi connectivity index (χ1v) is 7.41. The number of fused-ring (bicyclic) bond motifs is 1. The zero-order valence-electron chi connectivity index (χ0n) is 11.9. The second kappa shape index (κ2) is 6.13. The first kappa shape index (κ1) is 13.9. The summed E-state index contributed by atoms with van der Waals surface area (Å²) in [6, 6.07) is 7.87. The topological polar surface area (TPSA) is 78.9 Å². The number of hydrogen-bond acceptors (Lipinski definition) is 3. The van der Waals surface area contributed by atoms with E-state index in [1.54, 1.807) is 4.57 Å². The lowest BCUT2D eigenvalue weighted by molar-refractivity contribution is -0.121. The molecule has 1 aromatic heterocycles. The van der Waals surface area contributed by atoms with Gasteiger partial charge < -0.3 is 15.6 Å². The zero-order valence-corrected chi connectivity index (χ0v) is 11.9. The third-order valence-corrected chi connectivity index (χ3v) is 3.93. The fourth-order valence-electron chi connectivity index (χ4n) is 2.86. The molecule has 1 amide bonds. The minimum Gasteiger partial charge on any atom is -0.354 e. The van der Waals surface area contributed by atoms with Gasteiger partial charge in [-0.3, -0.25) is 9.36 Å². The number of carbonyl (C=O) groups is 1. The quantitative estimate of drug-likeness (QED) is 0.753. The van der Waals surface area contributed by atoms with Crippen LogP contribution >= 0.6 is 0 Å². The predicted octanol–water partition coefficient (Wildman–Crippen LogP) is 0.588. The minimum absolute atomic E-state index is 0.0438. The van der Waals surface area contributed by atoms with Crippen molar-refractivity contribution in [3.05, 3.63) is 34.7 Å². The van der Waals surface area contributed by atoms with E-state index in [-0.39, 0.29) is 11.6 Å². The van der Waals surface area contributed by atoms with Crippen LogP contribution in [-0.4, -0.2) is 34.6 Å². The van der Waals surface area contributed by atoms with Crippen LogP contribution in [0.4, 0.5) is 0 Å². The molecule has 1 aromatic carbocycles. The van der Waals surface area contributed by atoms with E-state index < -0.39 is 0 Å². The van der Waals surface area contributed by atoms with Gasteiger partial charge in [0.15, 0.2) is 0 Å². The molecule has 6 nitrogen and oxygen atoms in total. The van der Waals surface area contributed by atoms with Crippen LogP contribution in [0.5, 0.6) is 0 Å². The summed E-state index contributed by atoms with van der Waals surface area (Å²) in [5.74, 6) is 0.0438. The lowest BCUT2D eigenvalue weighted by atomic mass is 10.1. The van der Waals surface area contributed by atoms with E-state index in [0.29, 0.717) is 25.6 Å². The second-order valence-corrected chi connectivity index (χ2v) is 5.45. The highest BCUT2D eigenvalue weighted by molar-refractivity contribution is 5.77. The Morgan fingerprint density at radius 3 is 3.05 bits per heavy atom. The highest BCUT2D eigenvalue weighted by atomic mass is 16.2. The number of benzene rings is 1. The van der Waals surface area contributed by atoms with E-state index in [1.165, 1.54) is 0 Å². The fourth-order valence-corrected chi connectivity index (χ4v) is 2.86. The molecule has 0 radical (unpaired) electrons. The molecule has 0 spiro atoms. The van der Waals surface area contributed by atoms with Gasteiger partial charge in [0.05, 0.1) is 11.0 Å². The van der Waals surface area contributed by atoms with Crippen molar-refractivity contribution in [1.82, 2.24) is 20.2 Å². The number of para-hydroxylation sites is 2. The average Bonchev–Trinajstić information content (AvgIpc) is 3.07. The van der Waals surface area contributed by atoms with Crippen LogP contribution in [-0.2, 0) is 11.3 Å². The van der Waals surface area contributed by atoms with E-state index in [1.807, 2.05) is 24.3 Å². The molecule has 112 valence electrons. The molecule has 0 aliphatic carbocycles. The van der Waals surface area contributed by atoms with Crippen molar-refractivity contribution in [2.45, 2.75) is 31.8 Å². The summed E-state index contributed by atoms with van der Waals surface area (Å²) in [4.78, 5) is 26.5. The summed E-state index contributed by atoms with van der Waals surface area (Å²) < 4.78 is 1.66. The van der Waals surface area contributed by atoms with E-state index in [4.69, 9.17) is 0 Å². The van der Waals surface area contributed by atoms with Crippen molar-refractivity contribution >= 4 is 16.9 Å². The van der Waals surface area contributed by atoms with Gasteiger partial charge >= 0.3 is 5.69 Å². The first-order valence-electron chi connectivity index (χ1n) is 7.41. The maximum atomic E-state index is 11.9. The van der Waals surface area contributed by atoms with Gasteiger partial charge in [-0.05, 0) is 31.5 Å². The standard InChI is InChI=1S/C15H20N4O2/c20-14(10-11-4-3-7-16-11)17-8-9-19-13-6-2-1-5-12(13)18-15(19)21/h1-2,5-6,11,16H,3-4,7-10H2,(H,17,20)(H,18,21). The molecule has 0 saturated carbocycles. The molecule has 1 atom stereocenters. The number of H-pyrrole nitrogens is 1. The molecule has 1 saturated heterocycles. The molecule has 3 N–H and O–H groups in total. The minimum atomic E-state index is -0.136. The Kier molecular flexibility index (Phi) is 4.06. The van der Waals surface area contributed by atoms with Gasteiger partial charge in [-0.15, -0.1) is 0 Å². The summed E-state index contributed by atoms with van der Waals surface area (Å²) in [5.41, 5.74) is 1.56. The summed E-state index contributed by atoms with van der Waals surface area (Å²) in [5, 5.41) is 6.19. The molecule has 1 aliphatic rings. The van der Waals surface area contributed by atoms with Gasteiger partial charge in [-0.1, -0.05) is 12.1 Å². The summed E-state index contributed by atoms with van der Waals surface area (Å²) in [7, 11) is 0. The third-order valence-electron chi connectivity index (χ3n) is 3.93. The van der Waals surface area contributed by atoms with Crippen LogP contribution in [0.25, 0.3) is 11.0 Å². The molecule has 6 heteroatoms. The van der Waals surface area contributed by atoms with Crippen LogP contribution in [0.15, 0.2) is 29.1 Å². The SMILES string of the molecule is O=C(CC1CCCN1)NCCn1c(=O)[nH]c2ccccc21. The lowest BCUT2D eigenvalue weighted by Crippen LogP contribution is -2.34. The molecule has 1 fully saturated rings. The largest absolute Gasteiger partial charge is 0.354 e. The first-order chi connectivity index (χ1) is 10.2. The van der Waals surface area contributed by atoms with Crippen LogP contribution in [0.3, 0.4) is 0 Å². The molecule has 3 rings (SSSR count). The number of aromatic nitrogens is 2. The highest BCUT2D eigenvalue weighted by Crippen LogP contribution is 2.09. The van der Waals surface area contributed by atoms with E-state index in [9.17, 15) is 9.59 Å². The molecule has 21 heavy (non-hydrogen) atoms. The van der Waals surface area contributed by atoms with Gasteiger partial charge in [-0.25, -0.2) is 4.79 Å². The molecule has 1 unspecified atom stereocenters. The summed E-state index contributed by atoms with van der Waals surface area (Å²) in [6.07, 6.45) is 2.72. The summed E-state index contributed by atoms with van der Waals surface area (Å²) in [6.45, 7) is 1.95. The predicted molar refractivity (Wildman–Crippen MR) is 81.2 cm³/mol. The molecule has 2 aromatic rings. The van der Waals surface area contributed by atoms with Gasteiger partial charge in [-0.2, -0.15) is 0 Å². The Morgan fingerprint density at radius 1 is 1.38 bits per heavy atom. The van der Waals surface area contributed by atoms with Crippen molar-refractivity contribution in [3.8, 4) is 0 Å². The number of aromatic amines is 1. The number of imidazole rings is 1. The van der Waals surface area contributed by atoms with Crippen molar-refractivity contribution in [2.75, 3.05) is 13.1 Å². The Bertz CT molecular complexity index is 682. The molecule has 2 heterocycles. The molecule has 0 bridgehead atoms. The monoisotopic (exact) mass is 288 g/mol. The number of carbonyl (C=O) groups excluding carboxylic acids is 1. The fraction of sp³-hybridized carbons (Fsp3) is 0.467. The van der Waals surface area contributed by atoms with E-state index >= 15 is 0 Å². The van der Waals surface area contributed by atoms with Crippen molar-refractivity contribution in [1.29, 1.82) is 0 Å². The normalized spacial score (nSPS) is 18.2. The van der Waals surface area contributed by atoms with Crippen LogP contribution < -0.4 is 16.3 Å². The number of nitrogens with one attached hydrogen (secondary N) is 3. The van der Waals surface area contributed by atoms with Crippen molar-refractivity contribution in [3.63, 3.8) is 0 Å². The number of nitrogens with zero attached hydrogens (tertiary/aromatic N) is 1. The maximum Gasteiger partial charge on any atom is 0.326 e. The Balaban J connectivity index is 1.55. The van der Waals surface area contributed by atoms with Crippen LogP contribution in [0, 0.1) is 0 Å². The van der Waals surface area contributed by atoms with Gasteiger partial charge in [0.2, 0.25) is 5.91 Å². The highest BCUT2D eigenvalue weighted by Gasteiger charge is 2.17. The Hall–Kier alpha value is -2.08. The molecular formula is C15H20N4O2. The summed E-state index contributed by atoms with van der Waals surface area (Å²) >= 11 is 0. The third kappa shape index (κ3) is 3.16. The number of hydrogen-bond donors (Lipinski definition) is 3. The number of rotatable bonds is 5. The average molecular weight is 288 g/mol. The van der Waals surface area contributed by atoms with Gasteiger partial charge in [0, 0.05) is 25.6 Å². The van der Waals surface area contributed by atoms with E-state index in [0.717, 1.165) is 30.4 Å². The molecule has 1 aliphatic heterocycles. The van der Waals surface area contributed by atoms with Crippen LogP contribution in [0.1, 0.15) is 19.3 Å². The van der Waals surface area contributed by atoms with Gasteiger partial charge in [0.1, 0.15) is 0 Å². The molecular weight excluding hydrogens is 268 g/mol. The smallest absolute Gasteiger partial charge is 0.326 e. The van der Waals surface area contributed by atoms with Gasteiger partial charge in [0.25, 0.3) is 0 Å². The van der Waals surface area contributed by atoms with Crippen molar-refractivity contribution < 1.29 is 4.79 Å². The number of amides is 1. The Morgan fingerprint density at radius 2 is 2.24 bits per heavy atom. The van der Waals surface area contributed by atoms with E-state index in [2.05, 4.69) is 15.6 Å². The maximum absolute atomic E-state index is 11.9. The zero-order chi connectivity index (χ0) is 14.7. The van der Waals surface area contributed by atoms with Crippen LogP contribution in [0.2, 0.25) is 0 Å². The van der Waals surface area contributed by atoms with Crippen molar-refractivity contribution in [2.24, 2.45) is 0 Å².